The Morgan fingerprint density at radius 2 is 1.77 bits per heavy atom. The minimum Gasteiger partial charge on any atom is -0.452 e. The molecule has 1 aliphatic carbocycles. The molecule has 0 aliphatic heterocycles. The molecule has 1 N–H and O–H groups in total. The van der Waals surface area contributed by atoms with Gasteiger partial charge in [0.05, 0.1) is 5.56 Å². The van der Waals surface area contributed by atoms with Gasteiger partial charge in [-0.3, -0.25) is 4.79 Å². The first-order chi connectivity index (χ1) is 10.5. The van der Waals surface area contributed by atoms with E-state index in [9.17, 15) is 9.59 Å². The van der Waals surface area contributed by atoms with Crippen LogP contribution in [0.3, 0.4) is 0 Å². The number of nitrogens with one attached hydrogen (secondary N) is 1. The first kappa shape index (κ1) is 16.5. The molecule has 4 heteroatoms. The van der Waals surface area contributed by atoms with Crippen molar-refractivity contribution in [3.63, 3.8) is 0 Å². The van der Waals surface area contributed by atoms with Crippen LogP contribution in [-0.2, 0) is 9.53 Å². The average molecular weight is 303 g/mol. The van der Waals surface area contributed by atoms with Gasteiger partial charge in [0, 0.05) is 6.04 Å². The molecule has 1 aromatic rings. The van der Waals surface area contributed by atoms with Gasteiger partial charge in [-0.2, -0.15) is 0 Å². The number of amides is 1. The highest BCUT2D eigenvalue weighted by molar-refractivity contribution is 5.91. The van der Waals surface area contributed by atoms with Gasteiger partial charge in [-0.25, -0.2) is 4.79 Å². The van der Waals surface area contributed by atoms with Crippen molar-refractivity contribution in [1.82, 2.24) is 5.32 Å². The van der Waals surface area contributed by atoms with Crippen molar-refractivity contribution in [2.45, 2.75) is 52.5 Å². The second-order valence-electron chi connectivity index (χ2n) is 6.39. The normalized spacial score (nSPS) is 21.2. The van der Waals surface area contributed by atoms with Crippen LogP contribution in [0.1, 0.15) is 54.1 Å². The maximum Gasteiger partial charge on any atom is 0.338 e. The quantitative estimate of drug-likeness (QED) is 0.869. The second-order valence-corrected chi connectivity index (χ2v) is 6.39. The number of ether oxygens (including phenoxy) is 1. The lowest BCUT2D eigenvalue weighted by Crippen LogP contribution is -2.42. The van der Waals surface area contributed by atoms with E-state index < -0.39 is 5.97 Å². The molecule has 0 radical (unpaired) electrons. The second kappa shape index (κ2) is 7.43. The predicted molar refractivity (Wildman–Crippen MR) is 85.8 cm³/mol. The summed E-state index contributed by atoms with van der Waals surface area (Å²) in [5.74, 6) is -0.164. The van der Waals surface area contributed by atoms with E-state index in [2.05, 4.69) is 12.2 Å². The Morgan fingerprint density at radius 1 is 1.14 bits per heavy atom. The molecule has 0 bridgehead atoms. The molecule has 0 unspecified atom stereocenters. The molecule has 22 heavy (non-hydrogen) atoms. The Bertz CT molecular complexity index is 533. The lowest BCUT2D eigenvalue weighted by Gasteiger charge is -2.29. The monoisotopic (exact) mass is 303 g/mol. The third-order valence-corrected chi connectivity index (χ3v) is 4.25. The highest BCUT2D eigenvalue weighted by atomic mass is 16.5. The lowest BCUT2D eigenvalue weighted by molar-refractivity contribution is -0.125. The van der Waals surface area contributed by atoms with Gasteiger partial charge in [0.1, 0.15) is 0 Å². The van der Waals surface area contributed by atoms with Crippen molar-refractivity contribution >= 4 is 11.9 Å². The molecule has 2 rings (SSSR count). The van der Waals surface area contributed by atoms with Gasteiger partial charge in [-0.15, -0.1) is 0 Å². The summed E-state index contributed by atoms with van der Waals surface area (Å²) in [5.41, 5.74) is 2.51. The fraction of sp³-hybridized carbons (Fsp3) is 0.556. The van der Waals surface area contributed by atoms with E-state index in [1.807, 2.05) is 19.9 Å². The van der Waals surface area contributed by atoms with Crippen LogP contribution in [0.25, 0.3) is 0 Å². The highest BCUT2D eigenvalue weighted by Gasteiger charge is 2.23. The molecular weight excluding hydrogens is 278 g/mol. The zero-order chi connectivity index (χ0) is 16.1. The van der Waals surface area contributed by atoms with Crippen molar-refractivity contribution in [3.8, 4) is 0 Å². The van der Waals surface area contributed by atoms with E-state index in [1.165, 1.54) is 6.42 Å². The van der Waals surface area contributed by atoms with Gasteiger partial charge in [0.25, 0.3) is 5.91 Å². The summed E-state index contributed by atoms with van der Waals surface area (Å²) in [6, 6.07) is 5.75. The number of carbonyl (C=O) groups is 2. The minimum absolute atomic E-state index is 0.209. The third-order valence-electron chi connectivity index (χ3n) is 4.25. The molecule has 120 valence electrons. The molecule has 0 aromatic heterocycles. The zero-order valence-corrected chi connectivity index (χ0v) is 13.6. The zero-order valence-electron chi connectivity index (χ0n) is 13.6. The summed E-state index contributed by atoms with van der Waals surface area (Å²) in [5, 5.41) is 2.98. The molecule has 0 saturated heterocycles. The molecule has 1 fully saturated rings. The van der Waals surface area contributed by atoms with Gasteiger partial charge in [0.15, 0.2) is 6.61 Å². The summed E-state index contributed by atoms with van der Waals surface area (Å²) in [6.45, 7) is 5.81. The number of carbonyl (C=O) groups excluding carboxylic acids is 2. The maximum atomic E-state index is 12.0. The molecule has 1 amide bonds. The summed E-state index contributed by atoms with van der Waals surface area (Å²) in [6.07, 6.45) is 4.54. The summed E-state index contributed by atoms with van der Waals surface area (Å²) >= 11 is 0. The standard InChI is InChI=1S/C18H25NO3/c1-12-8-13(2)10-15(9-12)18(21)22-11-17(20)19-16-7-5-4-6-14(16)3/h8-10,14,16H,4-7,11H2,1-3H3,(H,19,20)/t14-,16+/m1/s1. The van der Waals surface area contributed by atoms with Crippen LogP contribution in [0.2, 0.25) is 0 Å². The number of hydrogen-bond acceptors (Lipinski definition) is 3. The van der Waals surface area contributed by atoms with Crippen molar-refractivity contribution in [2.24, 2.45) is 5.92 Å². The van der Waals surface area contributed by atoms with E-state index in [0.29, 0.717) is 11.5 Å². The Kier molecular flexibility index (Phi) is 5.58. The van der Waals surface area contributed by atoms with Crippen LogP contribution in [0, 0.1) is 19.8 Å². The van der Waals surface area contributed by atoms with Crippen LogP contribution in [0.5, 0.6) is 0 Å². The van der Waals surface area contributed by atoms with Gasteiger partial charge in [-0.05, 0) is 44.7 Å². The van der Waals surface area contributed by atoms with Crippen molar-refractivity contribution in [1.29, 1.82) is 0 Å². The summed E-state index contributed by atoms with van der Waals surface area (Å²) in [4.78, 5) is 23.9. The van der Waals surface area contributed by atoms with Crippen molar-refractivity contribution in [3.05, 3.63) is 34.9 Å². The molecule has 4 nitrogen and oxygen atoms in total. The lowest BCUT2D eigenvalue weighted by atomic mass is 9.86. The fourth-order valence-corrected chi connectivity index (χ4v) is 3.09. The number of aryl methyl sites for hydroxylation is 2. The molecule has 2 atom stereocenters. The SMILES string of the molecule is Cc1cc(C)cc(C(=O)OCC(=O)N[C@H]2CCCC[C@H]2C)c1. The molecule has 1 saturated carbocycles. The number of benzene rings is 1. The predicted octanol–water partition coefficient (Wildman–Crippen LogP) is 3.16. The van der Waals surface area contributed by atoms with Gasteiger partial charge in [-0.1, -0.05) is 37.0 Å². The number of hydrogen-bond donors (Lipinski definition) is 1. The molecule has 1 aliphatic rings. The van der Waals surface area contributed by atoms with Crippen molar-refractivity contribution < 1.29 is 14.3 Å². The van der Waals surface area contributed by atoms with Crippen LogP contribution >= 0.6 is 0 Å². The first-order valence-electron chi connectivity index (χ1n) is 8.00. The van der Waals surface area contributed by atoms with Gasteiger partial charge >= 0.3 is 5.97 Å². The topological polar surface area (TPSA) is 55.4 Å². The Balaban J connectivity index is 1.83. The fourth-order valence-electron chi connectivity index (χ4n) is 3.09. The average Bonchev–Trinajstić information content (AvgIpc) is 2.46. The highest BCUT2D eigenvalue weighted by Crippen LogP contribution is 2.23. The summed E-state index contributed by atoms with van der Waals surface area (Å²) in [7, 11) is 0. The van der Waals surface area contributed by atoms with Gasteiger partial charge < -0.3 is 10.1 Å². The first-order valence-corrected chi connectivity index (χ1v) is 8.00. The van der Waals surface area contributed by atoms with E-state index >= 15 is 0 Å². The molecule has 0 spiro atoms. The Labute approximate surface area is 132 Å². The Morgan fingerprint density at radius 3 is 2.41 bits per heavy atom. The van der Waals surface area contributed by atoms with Gasteiger partial charge in [0.2, 0.25) is 0 Å². The van der Waals surface area contributed by atoms with Crippen molar-refractivity contribution in [2.75, 3.05) is 6.61 Å². The summed E-state index contributed by atoms with van der Waals surface area (Å²) < 4.78 is 5.13. The smallest absolute Gasteiger partial charge is 0.338 e. The largest absolute Gasteiger partial charge is 0.452 e. The van der Waals surface area contributed by atoms with E-state index in [0.717, 1.165) is 30.4 Å². The number of esters is 1. The van der Waals surface area contributed by atoms with Crippen LogP contribution in [0.15, 0.2) is 18.2 Å². The van der Waals surface area contributed by atoms with E-state index in [4.69, 9.17) is 4.74 Å². The Hall–Kier alpha value is -1.84. The van der Waals surface area contributed by atoms with E-state index in [1.54, 1.807) is 12.1 Å². The maximum absolute atomic E-state index is 12.0. The number of rotatable bonds is 4. The molecular formula is C18H25NO3. The van der Waals surface area contributed by atoms with Crippen LogP contribution < -0.4 is 5.32 Å². The van der Waals surface area contributed by atoms with E-state index in [-0.39, 0.29) is 18.6 Å². The minimum atomic E-state index is -0.446. The van der Waals surface area contributed by atoms with Crippen LogP contribution in [-0.4, -0.2) is 24.5 Å². The molecule has 0 heterocycles. The van der Waals surface area contributed by atoms with Crippen LogP contribution in [0.4, 0.5) is 0 Å². The molecule has 1 aromatic carbocycles. The third kappa shape index (κ3) is 4.58.